The quantitative estimate of drug-likeness (QED) is 0.789. The number of pyridine rings is 1. The van der Waals surface area contributed by atoms with Gasteiger partial charge in [-0.1, -0.05) is 6.07 Å². The first-order valence-corrected chi connectivity index (χ1v) is 7.95. The molecular weight excluding hydrogens is 298 g/mol. The summed E-state index contributed by atoms with van der Waals surface area (Å²) in [6, 6.07) is 5.40. The van der Waals surface area contributed by atoms with Gasteiger partial charge in [-0.25, -0.2) is 0 Å². The van der Waals surface area contributed by atoms with Gasteiger partial charge < -0.3 is 20.1 Å². The first-order valence-electron chi connectivity index (χ1n) is 7.95. The lowest BCUT2D eigenvalue weighted by atomic mass is 10.2. The van der Waals surface area contributed by atoms with Crippen molar-refractivity contribution in [2.24, 2.45) is 0 Å². The van der Waals surface area contributed by atoms with Gasteiger partial charge in [-0.2, -0.15) is 0 Å². The number of carbonyl (C=O) groups is 2. The number of nitrogens with one attached hydrogen (secondary N) is 2. The Kier molecular flexibility index (Phi) is 4.88. The molecule has 2 fully saturated rings. The Hall–Kier alpha value is -1.99. The normalized spacial score (nSPS) is 22.2. The summed E-state index contributed by atoms with van der Waals surface area (Å²) in [5.74, 6) is -1.79. The topological polar surface area (TPSA) is 89.6 Å². The van der Waals surface area contributed by atoms with Crippen LogP contribution in [0.25, 0.3) is 0 Å². The molecule has 1 aromatic heterocycles. The van der Waals surface area contributed by atoms with Gasteiger partial charge in [0.2, 0.25) is 0 Å². The fourth-order valence-electron chi connectivity index (χ4n) is 2.93. The number of hydrogen-bond acceptors (Lipinski definition) is 5. The highest BCUT2D eigenvalue weighted by Gasteiger charge is 2.43. The Bertz CT molecular complexity index is 558. The van der Waals surface area contributed by atoms with Crippen LogP contribution < -0.4 is 10.6 Å². The molecule has 1 aliphatic carbocycles. The lowest BCUT2D eigenvalue weighted by Crippen LogP contribution is -2.43. The number of rotatable bonds is 4. The fourth-order valence-corrected chi connectivity index (χ4v) is 2.93. The second kappa shape index (κ2) is 7.06. The van der Waals surface area contributed by atoms with Crippen LogP contribution in [0, 0.1) is 0 Å². The number of ether oxygens (including phenoxy) is 2. The molecule has 1 aromatic rings. The van der Waals surface area contributed by atoms with E-state index in [1.54, 1.807) is 18.3 Å². The summed E-state index contributed by atoms with van der Waals surface area (Å²) in [6.45, 7) is 0.951. The van der Waals surface area contributed by atoms with Crippen LogP contribution in [0.1, 0.15) is 31.4 Å². The second-order valence-electron chi connectivity index (χ2n) is 5.88. The van der Waals surface area contributed by atoms with Crippen molar-refractivity contribution in [3.8, 4) is 0 Å². The third-order valence-corrected chi connectivity index (χ3v) is 4.13. The monoisotopic (exact) mass is 319 g/mol. The molecule has 7 heteroatoms. The third kappa shape index (κ3) is 4.05. The van der Waals surface area contributed by atoms with Crippen LogP contribution in [-0.4, -0.2) is 41.8 Å². The highest BCUT2D eigenvalue weighted by atomic mass is 16.7. The van der Waals surface area contributed by atoms with E-state index in [4.69, 9.17) is 9.47 Å². The SMILES string of the molecule is O=C(NCc1ccccn1)C(=O)NCC1COC2(CCCC2)O1. The highest BCUT2D eigenvalue weighted by Crippen LogP contribution is 2.38. The van der Waals surface area contributed by atoms with E-state index in [2.05, 4.69) is 15.6 Å². The van der Waals surface area contributed by atoms with Gasteiger partial charge in [0, 0.05) is 25.6 Å². The summed E-state index contributed by atoms with van der Waals surface area (Å²) in [6.07, 6.45) is 5.46. The summed E-state index contributed by atoms with van der Waals surface area (Å²) in [5.41, 5.74) is 0.698. The Morgan fingerprint density at radius 2 is 2.00 bits per heavy atom. The lowest BCUT2D eigenvalue weighted by molar-refractivity contribution is -0.161. The van der Waals surface area contributed by atoms with Gasteiger partial charge in [0.05, 0.1) is 18.8 Å². The summed E-state index contributed by atoms with van der Waals surface area (Å²) in [7, 11) is 0. The fraction of sp³-hybridized carbons (Fsp3) is 0.562. The largest absolute Gasteiger partial charge is 0.347 e. The van der Waals surface area contributed by atoms with E-state index in [1.165, 1.54) is 0 Å². The van der Waals surface area contributed by atoms with E-state index in [9.17, 15) is 9.59 Å². The number of hydrogen-bond donors (Lipinski definition) is 2. The number of nitrogens with zero attached hydrogens (tertiary/aromatic N) is 1. The minimum Gasteiger partial charge on any atom is -0.347 e. The number of aromatic nitrogens is 1. The smallest absolute Gasteiger partial charge is 0.309 e. The predicted molar refractivity (Wildman–Crippen MR) is 81.1 cm³/mol. The first-order chi connectivity index (χ1) is 11.2. The number of carbonyl (C=O) groups excluding carboxylic acids is 2. The van der Waals surface area contributed by atoms with Gasteiger partial charge in [0.25, 0.3) is 0 Å². The van der Waals surface area contributed by atoms with Crippen molar-refractivity contribution in [1.82, 2.24) is 15.6 Å². The zero-order valence-corrected chi connectivity index (χ0v) is 12.9. The maximum absolute atomic E-state index is 11.8. The second-order valence-corrected chi connectivity index (χ2v) is 5.88. The van der Waals surface area contributed by atoms with Gasteiger partial charge >= 0.3 is 11.8 Å². The molecule has 1 aliphatic heterocycles. The molecule has 2 aliphatic rings. The van der Waals surface area contributed by atoms with Crippen LogP contribution in [0.5, 0.6) is 0 Å². The maximum atomic E-state index is 11.8. The molecule has 2 N–H and O–H groups in total. The molecule has 0 bridgehead atoms. The number of amides is 2. The zero-order chi connectivity index (χ0) is 16.1. The molecule has 1 spiro atoms. The van der Waals surface area contributed by atoms with Crippen LogP contribution in [0.15, 0.2) is 24.4 Å². The average Bonchev–Trinajstić information content (AvgIpc) is 3.21. The van der Waals surface area contributed by atoms with Crippen LogP contribution in [0.2, 0.25) is 0 Å². The van der Waals surface area contributed by atoms with Crippen LogP contribution in [0.3, 0.4) is 0 Å². The molecule has 1 atom stereocenters. The van der Waals surface area contributed by atoms with Crippen molar-refractivity contribution < 1.29 is 19.1 Å². The van der Waals surface area contributed by atoms with E-state index in [1.807, 2.05) is 6.07 Å². The van der Waals surface area contributed by atoms with Crippen molar-refractivity contribution in [3.05, 3.63) is 30.1 Å². The zero-order valence-electron chi connectivity index (χ0n) is 12.9. The molecule has 7 nitrogen and oxygen atoms in total. The van der Waals surface area contributed by atoms with Gasteiger partial charge in [0.1, 0.15) is 6.10 Å². The maximum Gasteiger partial charge on any atom is 0.309 e. The molecule has 1 saturated heterocycles. The molecule has 124 valence electrons. The summed E-state index contributed by atoms with van der Waals surface area (Å²) in [5, 5.41) is 5.13. The van der Waals surface area contributed by atoms with Crippen LogP contribution in [0.4, 0.5) is 0 Å². The van der Waals surface area contributed by atoms with Gasteiger partial charge in [-0.3, -0.25) is 14.6 Å². The Balaban J connectivity index is 1.38. The Morgan fingerprint density at radius 1 is 1.22 bits per heavy atom. The van der Waals surface area contributed by atoms with Crippen LogP contribution in [-0.2, 0) is 25.6 Å². The van der Waals surface area contributed by atoms with Gasteiger partial charge in [-0.05, 0) is 25.0 Å². The average molecular weight is 319 g/mol. The molecular formula is C16H21N3O4. The molecule has 1 unspecified atom stereocenters. The third-order valence-electron chi connectivity index (χ3n) is 4.13. The van der Waals surface area contributed by atoms with E-state index >= 15 is 0 Å². The molecule has 2 amide bonds. The minimum absolute atomic E-state index is 0.194. The molecule has 2 heterocycles. The molecule has 23 heavy (non-hydrogen) atoms. The van der Waals surface area contributed by atoms with Gasteiger partial charge in [-0.15, -0.1) is 0 Å². The van der Waals surface area contributed by atoms with Crippen molar-refractivity contribution in [1.29, 1.82) is 0 Å². The summed E-state index contributed by atoms with van der Waals surface area (Å²) >= 11 is 0. The van der Waals surface area contributed by atoms with Crippen molar-refractivity contribution in [3.63, 3.8) is 0 Å². The first kappa shape index (κ1) is 15.9. The summed E-state index contributed by atoms with van der Waals surface area (Å²) < 4.78 is 11.6. The van der Waals surface area contributed by atoms with Crippen LogP contribution >= 0.6 is 0 Å². The minimum atomic E-state index is -0.676. The molecule has 0 radical (unpaired) electrons. The van der Waals surface area contributed by atoms with E-state index in [0.717, 1.165) is 25.7 Å². The molecule has 0 aromatic carbocycles. The molecule has 1 saturated carbocycles. The van der Waals surface area contributed by atoms with Crippen molar-refractivity contribution >= 4 is 11.8 Å². The van der Waals surface area contributed by atoms with E-state index in [-0.39, 0.29) is 19.2 Å². The predicted octanol–water partition coefficient (Wildman–Crippen LogP) is 0.500. The Morgan fingerprint density at radius 3 is 2.74 bits per heavy atom. The standard InChI is InChI=1S/C16H21N3O4/c20-14(18-9-12-5-1-4-8-17-12)15(21)19-10-13-11-22-16(23-13)6-2-3-7-16/h1,4-5,8,13H,2-3,6-7,9-11H2,(H,18,20)(H,19,21). The summed E-state index contributed by atoms with van der Waals surface area (Å²) in [4.78, 5) is 27.6. The van der Waals surface area contributed by atoms with E-state index in [0.29, 0.717) is 12.3 Å². The van der Waals surface area contributed by atoms with Crippen molar-refractivity contribution in [2.75, 3.05) is 13.2 Å². The van der Waals surface area contributed by atoms with E-state index < -0.39 is 17.6 Å². The van der Waals surface area contributed by atoms with Gasteiger partial charge in [0.15, 0.2) is 5.79 Å². The molecule has 3 rings (SSSR count). The van der Waals surface area contributed by atoms with Crippen molar-refractivity contribution in [2.45, 2.75) is 44.1 Å². The Labute approximate surface area is 134 Å². The lowest BCUT2D eigenvalue weighted by Gasteiger charge is -2.21. The highest BCUT2D eigenvalue weighted by molar-refractivity contribution is 6.35.